The van der Waals surface area contributed by atoms with Crippen molar-refractivity contribution in [2.24, 2.45) is 5.84 Å². The fourth-order valence-electron chi connectivity index (χ4n) is 1.91. The van der Waals surface area contributed by atoms with E-state index >= 15 is 0 Å². The SMILES string of the molecule is NNC(Cc1ccncc1Cl)c1ccc(Cl)cc1N. The molecule has 0 amide bonds. The Kier molecular flexibility index (Phi) is 4.61. The Morgan fingerprint density at radius 2 is 2.05 bits per heavy atom. The third-order valence-electron chi connectivity index (χ3n) is 2.91. The number of nitrogens with two attached hydrogens (primary N) is 2. The molecule has 1 unspecified atom stereocenters. The van der Waals surface area contributed by atoms with Gasteiger partial charge in [-0.15, -0.1) is 0 Å². The van der Waals surface area contributed by atoms with E-state index in [1.54, 1.807) is 24.5 Å². The largest absolute Gasteiger partial charge is 0.398 e. The minimum atomic E-state index is -0.142. The number of nitrogens with zero attached hydrogens (tertiary/aromatic N) is 1. The summed E-state index contributed by atoms with van der Waals surface area (Å²) in [5.74, 6) is 5.61. The molecule has 6 heteroatoms. The first kappa shape index (κ1) is 14.1. The van der Waals surface area contributed by atoms with Crippen LogP contribution in [0.4, 0.5) is 5.69 Å². The highest BCUT2D eigenvalue weighted by molar-refractivity contribution is 6.31. The van der Waals surface area contributed by atoms with E-state index in [2.05, 4.69) is 10.4 Å². The number of rotatable bonds is 4. The first-order valence-corrected chi connectivity index (χ1v) is 6.47. The van der Waals surface area contributed by atoms with Crippen LogP contribution in [-0.4, -0.2) is 4.98 Å². The van der Waals surface area contributed by atoms with E-state index in [0.717, 1.165) is 11.1 Å². The maximum atomic E-state index is 6.09. The van der Waals surface area contributed by atoms with Crippen molar-refractivity contribution in [2.45, 2.75) is 12.5 Å². The summed E-state index contributed by atoms with van der Waals surface area (Å²) in [5, 5.41) is 1.20. The van der Waals surface area contributed by atoms with E-state index in [1.807, 2.05) is 12.1 Å². The van der Waals surface area contributed by atoms with Gasteiger partial charge in [0.25, 0.3) is 0 Å². The first-order chi connectivity index (χ1) is 9.11. The molecule has 100 valence electrons. The van der Waals surface area contributed by atoms with Crippen LogP contribution in [-0.2, 0) is 6.42 Å². The molecule has 0 spiro atoms. The summed E-state index contributed by atoms with van der Waals surface area (Å²) in [6.07, 6.45) is 3.92. The smallest absolute Gasteiger partial charge is 0.0622 e. The van der Waals surface area contributed by atoms with Crippen LogP contribution < -0.4 is 17.0 Å². The predicted molar refractivity (Wildman–Crippen MR) is 78.9 cm³/mol. The average molecular weight is 297 g/mol. The van der Waals surface area contributed by atoms with E-state index in [0.29, 0.717) is 22.2 Å². The van der Waals surface area contributed by atoms with Crippen molar-refractivity contribution in [3.8, 4) is 0 Å². The Bertz CT molecular complexity index is 574. The molecule has 1 aromatic heterocycles. The van der Waals surface area contributed by atoms with Gasteiger partial charge in [0, 0.05) is 23.1 Å². The molecule has 4 nitrogen and oxygen atoms in total. The molecule has 0 aliphatic rings. The first-order valence-electron chi connectivity index (χ1n) is 5.71. The van der Waals surface area contributed by atoms with Gasteiger partial charge in [-0.25, -0.2) is 0 Å². The van der Waals surface area contributed by atoms with Crippen LogP contribution in [0.2, 0.25) is 10.0 Å². The van der Waals surface area contributed by atoms with Crippen molar-refractivity contribution in [2.75, 3.05) is 5.73 Å². The topological polar surface area (TPSA) is 77.0 Å². The zero-order valence-corrected chi connectivity index (χ0v) is 11.6. The Morgan fingerprint density at radius 3 is 2.68 bits per heavy atom. The highest BCUT2D eigenvalue weighted by atomic mass is 35.5. The fraction of sp³-hybridized carbons (Fsp3) is 0.154. The van der Waals surface area contributed by atoms with Crippen molar-refractivity contribution in [1.82, 2.24) is 10.4 Å². The van der Waals surface area contributed by atoms with Crippen LogP contribution in [0.5, 0.6) is 0 Å². The second kappa shape index (κ2) is 6.21. The molecular formula is C13H14Cl2N4. The van der Waals surface area contributed by atoms with Crippen LogP contribution in [0.25, 0.3) is 0 Å². The number of hydrazine groups is 1. The molecule has 19 heavy (non-hydrogen) atoms. The maximum absolute atomic E-state index is 6.09. The van der Waals surface area contributed by atoms with Gasteiger partial charge in [-0.2, -0.15) is 0 Å². The Balaban J connectivity index is 2.28. The van der Waals surface area contributed by atoms with Gasteiger partial charge >= 0.3 is 0 Å². The molecule has 5 N–H and O–H groups in total. The Morgan fingerprint density at radius 1 is 1.26 bits per heavy atom. The number of hydrogen-bond acceptors (Lipinski definition) is 4. The molecular weight excluding hydrogens is 283 g/mol. The van der Waals surface area contributed by atoms with Crippen LogP contribution in [0.3, 0.4) is 0 Å². The highest BCUT2D eigenvalue weighted by Crippen LogP contribution is 2.27. The van der Waals surface area contributed by atoms with E-state index < -0.39 is 0 Å². The molecule has 0 aliphatic carbocycles. The second-order valence-corrected chi connectivity index (χ2v) is 5.01. The fourth-order valence-corrected chi connectivity index (χ4v) is 2.29. The number of nitrogen functional groups attached to an aromatic ring is 1. The molecule has 0 saturated carbocycles. The predicted octanol–water partition coefficient (Wildman–Crippen LogP) is 2.72. The van der Waals surface area contributed by atoms with Crippen molar-refractivity contribution in [3.05, 3.63) is 57.8 Å². The van der Waals surface area contributed by atoms with E-state index in [1.165, 1.54) is 0 Å². The van der Waals surface area contributed by atoms with Gasteiger partial charge in [0.1, 0.15) is 0 Å². The molecule has 0 bridgehead atoms. The number of pyridine rings is 1. The molecule has 2 rings (SSSR count). The number of halogens is 2. The minimum absolute atomic E-state index is 0.142. The Labute approximate surface area is 121 Å². The molecule has 1 aromatic carbocycles. The van der Waals surface area contributed by atoms with Gasteiger partial charge in [-0.05, 0) is 35.7 Å². The summed E-state index contributed by atoms with van der Waals surface area (Å²) < 4.78 is 0. The molecule has 2 aromatic rings. The van der Waals surface area contributed by atoms with Gasteiger partial charge in [-0.1, -0.05) is 29.3 Å². The van der Waals surface area contributed by atoms with Crippen molar-refractivity contribution < 1.29 is 0 Å². The number of hydrogen-bond donors (Lipinski definition) is 3. The monoisotopic (exact) mass is 296 g/mol. The van der Waals surface area contributed by atoms with Gasteiger partial charge in [-0.3, -0.25) is 16.3 Å². The van der Waals surface area contributed by atoms with Crippen LogP contribution >= 0.6 is 23.2 Å². The molecule has 1 heterocycles. The average Bonchev–Trinajstić information content (AvgIpc) is 2.39. The van der Waals surface area contributed by atoms with Crippen LogP contribution in [0.15, 0.2) is 36.7 Å². The summed E-state index contributed by atoms with van der Waals surface area (Å²) in [4.78, 5) is 3.95. The zero-order chi connectivity index (χ0) is 13.8. The molecule has 0 saturated heterocycles. The lowest BCUT2D eigenvalue weighted by Crippen LogP contribution is -2.30. The quantitative estimate of drug-likeness (QED) is 0.461. The zero-order valence-electron chi connectivity index (χ0n) is 10.1. The summed E-state index contributed by atoms with van der Waals surface area (Å²) in [6.45, 7) is 0. The Hall–Kier alpha value is -1.33. The number of anilines is 1. The summed E-state index contributed by atoms with van der Waals surface area (Å²) in [6, 6.07) is 7.06. The number of benzene rings is 1. The standard InChI is InChI=1S/C13H14Cl2N4/c14-9-1-2-10(12(16)6-9)13(19-17)5-8-3-4-18-7-11(8)15/h1-4,6-7,13,19H,5,16-17H2. The van der Waals surface area contributed by atoms with Crippen molar-refractivity contribution in [1.29, 1.82) is 0 Å². The highest BCUT2D eigenvalue weighted by Gasteiger charge is 2.15. The van der Waals surface area contributed by atoms with E-state index in [-0.39, 0.29) is 6.04 Å². The number of nitrogens with one attached hydrogen (secondary N) is 1. The second-order valence-electron chi connectivity index (χ2n) is 4.16. The third kappa shape index (κ3) is 3.36. The molecule has 0 radical (unpaired) electrons. The van der Waals surface area contributed by atoms with Gasteiger partial charge in [0.2, 0.25) is 0 Å². The lowest BCUT2D eigenvalue weighted by atomic mass is 9.98. The van der Waals surface area contributed by atoms with Crippen LogP contribution in [0.1, 0.15) is 17.2 Å². The van der Waals surface area contributed by atoms with Crippen molar-refractivity contribution >= 4 is 28.9 Å². The van der Waals surface area contributed by atoms with E-state index in [9.17, 15) is 0 Å². The minimum Gasteiger partial charge on any atom is -0.398 e. The molecule has 0 fully saturated rings. The summed E-state index contributed by atoms with van der Waals surface area (Å²) in [7, 11) is 0. The summed E-state index contributed by atoms with van der Waals surface area (Å²) >= 11 is 12.0. The van der Waals surface area contributed by atoms with E-state index in [4.69, 9.17) is 34.8 Å². The lowest BCUT2D eigenvalue weighted by molar-refractivity contribution is 0.553. The summed E-state index contributed by atoms with van der Waals surface area (Å²) in [5.41, 5.74) is 11.2. The van der Waals surface area contributed by atoms with Gasteiger partial charge < -0.3 is 5.73 Å². The molecule has 1 atom stereocenters. The van der Waals surface area contributed by atoms with Crippen LogP contribution in [0, 0.1) is 0 Å². The third-order valence-corrected chi connectivity index (χ3v) is 3.48. The number of aromatic nitrogens is 1. The normalized spacial score (nSPS) is 12.4. The van der Waals surface area contributed by atoms with Gasteiger partial charge in [0.05, 0.1) is 11.1 Å². The maximum Gasteiger partial charge on any atom is 0.0622 e. The molecule has 0 aliphatic heterocycles. The lowest BCUT2D eigenvalue weighted by Gasteiger charge is -2.19. The van der Waals surface area contributed by atoms with Crippen molar-refractivity contribution in [3.63, 3.8) is 0 Å². The van der Waals surface area contributed by atoms with Gasteiger partial charge in [0.15, 0.2) is 0 Å².